The first kappa shape index (κ1) is 29.7. The molecule has 12 atom stereocenters. The molecule has 2 aromatic carbocycles. The van der Waals surface area contributed by atoms with E-state index in [1.54, 1.807) is 48.5 Å². The maximum Gasteiger partial charge on any atom is 0.343 e. The van der Waals surface area contributed by atoms with E-state index in [0.29, 0.717) is 16.7 Å². The van der Waals surface area contributed by atoms with Gasteiger partial charge in [0.25, 0.3) is 0 Å². The topological polar surface area (TPSA) is 155 Å². The number of aliphatic hydroxyl groups excluding tert-OH is 1. The van der Waals surface area contributed by atoms with Crippen LogP contribution in [0.1, 0.15) is 56.1 Å². The molecule has 4 aliphatic heterocycles. The molecule has 2 aliphatic carbocycles. The lowest BCUT2D eigenvalue weighted by atomic mass is 9.50. The first-order valence-electron chi connectivity index (χ1n) is 15.7. The van der Waals surface area contributed by atoms with Gasteiger partial charge in [0.1, 0.15) is 12.2 Å². The zero-order chi connectivity index (χ0) is 32.8. The molecule has 0 bridgehead atoms. The Hall–Kier alpha value is -3.64. The van der Waals surface area contributed by atoms with Crippen LogP contribution < -0.4 is 0 Å². The second kappa shape index (κ2) is 9.03. The van der Waals surface area contributed by atoms with E-state index in [4.69, 9.17) is 23.7 Å². The highest BCUT2D eigenvalue weighted by Gasteiger charge is 3.04. The number of fused-ring (bicyclic) bond motifs is 1. The predicted octanol–water partition coefficient (Wildman–Crippen LogP) is 2.33. The summed E-state index contributed by atoms with van der Waals surface area (Å²) in [6, 6.07) is 15.8. The quantitative estimate of drug-likeness (QED) is 0.284. The van der Waals surface area contributed by atoms with Gasteiger partial charge in [-0.05, 0) is 29.7 Å². The van der Waals surface area contributed by atoms with Crippen LogP contribution in [0.25, 0.3) is 0 Å². The van der Waals surface area contributed by atoms with Crippen molar-refractivity contribution < 1.29 is 53.1 Å². The lowest BCUT2D eigenvalue weighted by Gasteiger charge is -2.48. The van der Waals surface area contributed by atoms with E-state index in [9.17, 15) is 29.4 Å². The zero-order valence-corrected chi connectivity index (χ0v) is 26.1. The third-order valence-corrected chi connectivity index (χ3v) is 11.9. The Bertz CT molecular complexity index is 1680. The Morgan fingerprint density at radius 1 is 0.891 bits per heavy atom. The van der Waals surface area contributed by atoms with Gasteiger partial charge in [-0.1, -0.05) is 82.3 Å². The molecular formula is C35H36O11. The summed E-state index contributed by atoms with van der Waals surface area (Å²) in [7, 11) is 0. The number of hydrogen-bond donors (Lipinski definition) is 2. The number of carbonyl (C=O) groups is 4. The summed E-state index contributed by atoms with van der Waals surface area (Å²) in [6.07, 6.45) is -6.89. The van der Waals surface area contributed by atoms with Crippen LogP contribution in [0.2, 0.25) is 0 Å². The number of aliphatic hydroxyl groups is 2. The summed E-state index contributed by atoms with van der Waals surface area (Å²) in [6.45, 7) is 9.21. The van der Waals surface area contributed by atoms with Crippen molar-refractivity contribution in [1.82, 2.24) is 0 Å². The lowest BCUT2D eigenvalue weighted by Crippen LogP contribution is -2.67. The molecule has 0 aromatic heterocycles. The van der Waals surface area contributed by atoms with Gasteiger partial charge in [-0.3, -0.25) is 9.59 Å². The third kappa shape index (κ3) is 2.96. The molecule has 6 fully saturated rings. The molecule has 0 radical (unpaired) electrons. The van der Waals surface area contributed by atoms with Crippen molar-refractivity contribution in [2.45, 2.75) is 83.1 Å². The van der Waals surface area contributed by atoms with Crippen LogP contribution >= 0.6 is 0 Å². The predicted molar refractivity (Wildman–Crippen MR) is 155 cm³/mol. The number of benzene rings is 2. The first-order valence-corrected chi connectivity index (χ1v) is 15.7. The highest BCUT2D eigenvalue weighted by Crippen LogP contribution is 2.85. The van der Waals surface area contributed by atoms with Gasteiger partial charge in [-0.15, -0.1) is 0 Å². The molecule has 11 heteroatoms. The van der Waals surface area contributed by atoms with Gasteiger partial charge in [0, 0.05) is 11.1 Å². The van der Waals surface area contributed by atoms with Gasteiger partial charge < -0.3 is 33.9 Å². The van der Waals surface area contributed by atoms with Crippen molar-refractivity contribution in [2.75, 3.05) is 0 Å². The van der Waals surface area contributed by atoms with Crippen LogP contribution in [0, 0.1) is 34.0 Å². The van der Waals surface area contributed by atoms with Crippen LogP contribution in [-0.4, -0.2) is 75.8 Å². The number of ketones is 1. The highest BCUT2D eigenvalue weighted by molar-refractivity contribution is 6.09. The van der Waals surface area contributed by atoms with Gasteiger partial charge in [-0.25, -0.2) is 9.59 Å². The molecule has 46 heavy (non-hydrogen) atoms. The molecule has 2 aromatic rings. The molecule has 0 amide bonds. The van der Waals surface area contributed by atoms with E-state index in [-0.39, 0.29) is 12.4 Å². The van der Waals surface area contributed by atoms with Gasteiger partial charge in [0.2, 0.25) is 11.9 Å². The van der Waals surface area contributed by atoms with Crippen LogP contribution in [0.3, 0.4) is 0 Å². The molecule has 4 heterocycles. The van der Waals surface area contributed by atoms with Crippen LogP contribution in [0.15, 0.2) is 54.6 Å². The Morgan fingerprint density at radius 2 is 1.54 bits per heavy atom. The summed E-state index contributed by atoms with van der Waals surface area (Å²) < 4.78 is 30.5. The Balaban J connectivity index is 1.23. The molecule has 4 saturated heterocycles. The summed E-state index contributed by atoms with van der Waals surface area (Å²) in [4.78, 5) is 53.7. The molecule has 11 nitrogen and oxygen atoms in total. The fraction of sp³-hybridized carbons (Fsp3) is 0.543. The average Bonchev–Trinajstić information content (AvgIpc) is 3.72. The number of hydrogen-bond acceptors (Lipinski definition) is 11. The molecule has 242 valence electrons. The fourth-order valence-electron chi connectivity index (χ4n) is 10.7. The second-order valence-corrected chi connectivity index (χ2v) is 14.8. The summed E-state index contributed by atoms with van der Waals surface area (Å²) in [5, 5.41) is 24.7. The fourth-order valence-corrected chi connectivity index (χ4v) is 10.7. The maximum absolute atomic E-state index is 14.1. The van der Waals surface area contributed by atoms with Crippen molar-refractivity contribution in [1.29, 1.82) is 0 Å². The van der Waals surface area contributed by atoms with E-state index in [2.05, 4.69) is 0 Å². The Morgan fingerprint density at radius 3 is 2.20 bits per heavy atom. The molecule has 2 saturated carbocycles. The monoisotopic (exact) mass is 632 g/mol. The van der Waals surface area contributed by atoms with Gasteiger partial charge in [-0.2, -0.15) is 0 Å². The first-order chi connectivity index (χ1) is 21.7. The summed E-state index contributed by atoms with van der Waals surface area (Å²) in [5.41, 5.74) is -6.69. The maximum atomic E-state index is 14.1. The van der Waals surface area contributed by atoms with Gasteiger partial charge >= 0.3 is 17.9 Å². The number of esters is 3. The third-order valence-electron chi connectivity index (χ3n) is 11.9. The zero-order valence-electron chi connectivity index (χ0n) is 26.1. The van der Waals surface area contributed by atoms with E-state index < -0.39 is 93.8 Å². The molecular weight excluding hydrogens is 596 g/mol. The van der Waals surface area contributed by atoms with Crippen molar-refractivity contribution in [3.8, 4) is 0 Å². The molecule has 5 unspecified atom stereocenters. The van der Waals surface area contributed by atoms with E-state index in [1.165, 1.54) is 6.92 Å². The van der Waals surface area contributed by atoms with Gasteiger partial charge in [0.15, 0.2) is 23.6 Å². The lowest BCUT2D eigenvalue weighted by molar-refractivity contribution is -0.240. The Kier molecular flexibility index (Phi) is 5.84. The highest BCUT2D eigenvalue weighted by atomic mass is 16.8. The minimum Gasteiger partial charge on any atom is -0.459 e. The Labute approximate surface area is 265 Å². The minimum absolute atomic E-state index is 0.0724. The molecule has 2 spiro atoms. The van der Waals surface area contributed by atoms with Crippen LogP contribution in [-0.2, 0) is 44.7 Å². The molecule has 8 rings (SSSR count). The number of rotatable bonds is 5. The smallest absolute Gasteiger partial charge is 0.343 e. The van der Waals surface area contributed by atoms with Crippen molar-refractivity contribution in [2.24, 2.45) is 34.0 Å². The standard InChI is InChI=1S/C35H36O11/c1-16-22(31(3,4)5)32-26(42-15-18-11-13-20(14-12-18)21(36)19-9-7-6-8-10-19)28(39)45-30(32)46-35-29(40)44-24(16)33(32,35)23(37)25-34(35,41)17(2)27(38)43-25/h6-14,16-17,22-26,30,37,41H,15H2,1-5H3/t16-,17-,22+,23+,24?,25?,26+,30?,32?,33-,34+,35?/m1/s1. The van der Waals surface area contributed by atoms with Crippen LogP contribution in [0.5, 0.6) is 0 Å². The second-order valence-electron chi connectivity index (χ2n) is 14.8. The van der Waals surface area contributed by atoms with E-state index in [0.717, 1.165) is 0 Å². The molecule has 2 N–H and O–H groups in total. The summed E-state index contributed by atoms with van der Waals surface area (Å²) in [5.74, 6) is -4.74. The van der Waals surface area contributed by atoms with Crippen molar-refractivity contribution in [3.63, 3.8) is 0 Å². The number of ether oxygens (including phenoxy) is 5. The van der Waals surface area contributed by atoms with Crippen molar-refractivity contribution >= 4 is 23.7 Å². The summed E-state index contributed by atoms with van der Waals surface area (Å²) >= 11 is 0. The van der Waals surface area contributed by atoms with Crippen LogP contribution in [0.4, 0.5) is 0 Å². The minimum atomic E-state index is -2.29. The normalized spacial score (nSPS) is 44.7. The average molecular weight is 633 g/mol. The van der Waals surface area contributed by atoms with E-state index >= 15 is 0 Å². The molecule has 6 aliphatic rings. The van der Waals surface area contributed by atoms with Crippen molar-refractivity contribution in [3.05, 3.63) is 71.3 Å². The largest absolute Gasteiger partial charge is 0.459 e. The van der Waals surface area contributed by atoms with E-state index in [1.807, 2.05) is 33.8 Å². The SMILES string of the molecule is C[C@@H]1C(=O)OC2[C@H](O)[C@]34C5OC(=O)C3(OC3OC(=O)[C@H](OCc6ccc(C(=O)c7ccccc7)cc6)C34[C@H](C(C)(C)C)[C@H]5C)[C@@]21O. The van der Waals surface area contributed by atoms with Gasteiger partial charge in [0.05, 0.1) is 23.4 Å². The number of carbonyl (C=O) groups excluding carboxylic acids is 4.